The molecule has 1 fully saturated rings. The maximum absolute atomic E-state index is 10.6. The molecule has 1 aliphatic heterocycles. The van der Waals surface area contributed by atoms with Crippen molar-refractivity contribution < 1.29 is 4.79 Å². The predicted octanol–water partition coefficient (Wildman–Crippen LogP) is -0.0855. The van der Waals surface area contributed by atoms with Gasteiger partial charge in [0.2, 0.25) is 5.91 Å². The van der Waals surface area contributed by atoms with Crippen molar-refractivity contribution in [2.75, 3.05) is 6.54 Å². The third-order valence-electron chi connectivity index (χ3n) is 1.40. The zero-order valence-electron chi connectivity index (χ0n) is 5.35. The lowest BCUT2D eigenvalue weighted by Crippen LogP contribution is -2.21. The van der Waals surface area contributed by atoms with E-state index in [2.05, 4.69) is 5.32 Å². The summed E-state index contributed by atoms with van der Waals surface area (Å²) in [5.41, 5.74) is 0. The Morgan fingerprint density at radius 3 is 2.60 bits per heavy atom. The quantitative estimate of drug-likeness (QED) is 0.518. The highest BCUT2D eigenvalue weighted by atomic mass is 35.5. The number of carbonyl (C=O) groups is 1. The van der Waals surface area contributed by atoms with Gasteiger partial charge in [0.05, 0.1) is 0 Å². The number of rotatable bonds is 0. The van der Waals surface area contributed by atoms with Gasteiger partial charge < -0.3 is 5.32 Å². The molecule has 4 heteroatoms. The van der Waals surface area contributed by atoms with Gasteiger partial charge in [-0.15, -0.1) is 12.4 Å². The Kier molecular flexibility index (Phi) is 9.56. The highest BCUT2D eigenvalue weighted by Gasteiger charge is 2.03. The summed E-state index contributed by atoms with van der Waals surface area (Å²) in [4.78, 5) is 10.6. The topological polar surface area (TPSA) is 29.1 Å². The number of hydrogen-bond donors (Lipinski definition) is 1. The van der Waals surface area contributed by atoms with Crippen LogP contribution < -0.4 is 5.32 Å². The molecule has 0 saturated carbocycles. The van der Waals surface area contributed by atoms with E-state index in [9.17, 15) is 4.79 Å². The Morgan fingerprint density at radius 2 is 1.90 bits per heavy atom. The van der Waals surface area contributed by atoms with Gasteiger partial charge >= 0.3 is 0 Å². The fraction of sp³-hybridized carbons (Fsp3) is 0.833. The number of amides is 1. The van der Waals surface area contributed by atoms with Gasteiger partial charge in [0.25, 0.3) is 0 Å². The molecule has 0 unspecified atom stereocenters. The second-order valence-corrected chi connectivity index (χ2v) is 2.16. The normalized spacial score (nSPS) is 17.4. The molecule has 1 N–H and O–H groups in total. The van der Waals surface area contributed by atoms with Crippen LogP contribution in [0, 0.1) is 0 Å². The van der Waals surface area contributed by atoms with E-state index in [0.717, 1.165) is 25.8 Å². The first kappa shape index (κ1) is 12.9. The van der Waals surface area contributed by atoms with E-state index < -0.39 is 0 Å². The van der Waals surface area contributed by atoms with Crippen molar-refractivity contribution in [3.8, 4) is 0 Å². The first-order valence-electron chi connectivity index (χ1n) is 3.16. The zero-order chi connectivity index (χ0) is 5.82. The number of nitrogens with one attached hydrogen (secondary N) is 1. The van der Waals surface area contributed by atoms with E-state index in [-0.39, 0.29) is 35.7 Å². The monoisotopic (exact) mass is 179 g/mol. The maximum atomic E-state index is 10.6. The van der Waals surface area contributed by atoms with E-state index in [1.165, 1.54) is 6.42 Å². The molecule has 0 bridgehead atoms. The molecule has 1 rings (SSSR count). The van der Waals surface area contributed by atoms with Crippen LogP contribution in [0.5, 0.6) is 0 Å². The molecule has 1 saturated heterocycles. The Hall–Kier alpha value is 0.292. The summed E-state index contributed by atoms with van der Waals surface area (Å²) in [6.07, 6.45) is 4.18. The minimum atomic E-state index is 0. The SMILES string of the molecule is Cl.O=C1CCCCCN1.[AlH3]. The molecule has 0 atom stereocenters. The molecule has 60 valence electrons. The first-order valence-corrected chi connectivity index (χ1v) is 3.16. The summed E-state index contributed by atoms with van der Waals surface area (Å²) in [6.45, 7) is 0.888. The van der Waals surface area contributed by atoms with E-state index >= 15 is 0 Å². The minimum Gasteiger partial charge on any atom is -0.356 e. The van der Waals surface area contributed by atoms with Gasteiger partial charge in [0.15, 0.2) is 17.4 Å². The fourth-order valence-corrected chi connectivity index (χ4v) is 0.904. The molecule has 0 aromatic heterocycles. The molecule has 1 aliphatic rings. The Bertz CT molecular complexity index is 89.7. The summed E-state index contributed by atoms with van der Waals surface area (Å²) in [6, 6.07) is 0. The van der Waals surface area contributed by atoms with Crippen molar-refractivity contribution in [1.29, 1.82) is 0 Å². The minimum absolute atomic E-state index is 0. The van der Waals surface area contributed by atoms with Crippen LogP contribution in [0.3, 0.4) is 0 Å². The molecule has 0 aromatic carbocycles. The van der Waals surface area contributed by atoms with Gasteiger partial charge in [0.1, 0.15) is 0 Å². The van der Waals surface area contributed by atoms with E-state index in [4.69, 9.17) is 0 Å². The van der Waals surface area contributed by atoms with Crippen LogP contribution in [0.15, 0.2) is 0 Å². The van der Waals surface area contributed by atoms with Crippen LogP contribution in [0.2, 0.25) is 0 Å². The van der Waals surface area contributed by atoms with Crippen molar-refractivity contribution in [3.63, 3.8) is 0 Å². The largest absolute Gasteiger partial charge is 0.356 e. The lowest BCUT2D eigenvalue weighted by molar-refractivity contribution is -0.120. The Morgan fingerprint density at radius 1 is 1.20 bits per heavy atom. The van der Waals surface area contributed by atoms with Gasteiger partial charge in [0, 0.05) is 13.0 Å². The van der Waals surface area contributed by atoms with Crippen LogP contribution >= 0.6 is 12.4 Å². The smallest absolute Gasteiger partial charge is 0.219 e. The lowest BCUT2D eigenvalue weighted by Gasteiger charge is -1.93. The predicted molar refractivity (Wildman–Crippen MR) is 48.7 cm³/mol. The summed E-state index contributed by atoms with van der Waals surface area (Å²) in [7, 11) is 0. The maximum Gasteiger partial charge on any atom is 0.219 e. The van der Waals surface area contributed by atoms with Gasteiger partial charge in [-0.2, -0.15) is 0 Å². The third kappa shape index (κ3) is 5.11. The zero-order valence-corrected chi connectivity index (χ0v) is 6.17. The summed E-state index contributed by atoms with van der Waals surface area (Å²) < 4.78 is 0. The summed E-state index contributed by atoms with van der Waals surface area (Å²) >= 11 is 0. The summed E-state index contributed by atoms with van der Waals surface area (Å²) in [5, 5.41) is 2.81. The Balaban J connectivity index is 0. The molecule has 1 amide bonds. The summed E-state index contributed by atoms with van der Waals surface area (Å²) in [5.74, 6) is 0.225. The molecule has 0 aromatic rings. The third-order valence-corrected chi connectivity index (χ3v) is 1.40. The van der Waals surface area contributed by atoms with Crippen LogP contribution in [-0.4, -0.2) is 29.8 Å². The average Bonchev–Trinajstić information content (AvgIpc) is 1.94. The number of carbonyl (C=O) groups excluding carboxylic acids is 1. The highest BCUT2D eigenvalue weighted by Crippen LogP contribution is 2.02. The fourth-order valence-electron chi connectivity index (χ4n) is 0.904. The molecule has 2 nitrogen and oxygen atoms in total. The van der Waals surface area contributed by atoms with Crippen molar-refractivity contribution in [3.05, 3.63) is 0 Å². The lowest BCUT2D eigenvalue weighted by atomic mass is 10.2. The van der Waals surface area contributed by atoms with Gasteiger partial charge in [-0.05, 0) is 12.8 Å². The standard InChI is InChI=1S/C6H11NO.Al.ClH.3H/c8-6-4-2-1-3-5-7-6;;;;;/h1-5H2,(H,7,8);;1H;;;. The molecule has 10 heavy (non-hydrogen) atoms. The Labute approximate surface area is 78.3 Å². The molecular formula is C6H15AlClNO. The number of halogens is 1. The van der Waals surface area contributed by atoms with Gasteiger partial charge in [-0.1, -0.05) is 6.42 Å². The molecular weight excluding hydrogens is 165 g/mol. The average molecular weight is 180 g/mol. The van der Waals surface area contributed by atoms with Crippen LogP contribution in [0.1, 0.15) is 25.7 Å². The van der Waals surface area contributed by atoms with E-state index in [1.54, 1.807) is 0 Å². The van der Waals surface area contributed by atoms with Crippen molar-refractivity contribution >= 4 is 35.7 Å². The van der Waals surface area contributed by atoms with Crippen molar-refractivity contribution in [2.24, 2.45) is 0 Å². The first-order chi connectivity index (χ1) is 3.89. The van der Waals surface area contributed by atoms with Crippen LogP contribution in [0.4, 0.5) is 0 Å². The molecule has 1 heterocycles. The second kappa shape index (κ2) is 7.40. The molecule has 0 aliphatic carbocycles. The van der Waals surface area contributed by atoms with Crippen LogP contribution in [0.25, 0.3) is 0 Å². The van der Waals surface area contributed by atoms with Gasteiger partial charge in [-0.3, -0.25) is 4.79 Å². The second-order valence-electron chi connectivity index (χ2n) is 2.16. The van der Waals surface area contributed by atoms with Crippen LogP contribution in [-0.2, 0) is 4.79 Å². The van der Waals surface area contributed by atoms with E-state index in [1.807, 2.05) is 0 Å². The van der Waals surface area contributed by atoms with Crippen molar-refractivity contribution in [1.82, 2.24) is 5.32 Å². The molecule has 0 radical (unpaired) electrons. The van der Waals surface area contributed by atoms with E-state index in [0.29, 0.717) is 0 Å². The molecule has 0 spiro atoms. The van der Waals surface area contributed by atoms with Gasteiger partial charge in [-0.25, -0.2) is 0 Å². The number of hydrogen-bond acceptors (Lipinski definition) is 1. The highest BCUT2D eigenvalue weighted by molar-refractivity contribution is 5.85. The van der Waals surface area contributed by atoms with Crippen molar-refractivity contribution in [2.45, 2.75) is 25.7 Å².